The Balaban J connectivity index is 2.94. The summed E-state index contributed by atoms with van der Waals surface area (Å²) in [4.78, 5) is 24.1. The van der Waals surface area contributed by atoms with Crippen molar-refractivity contribution in [3.63, 3.8) is 0 Å². The maximum absolute atomic E-state index is 12.2. The van der Waals surface area contributed by atoms with Crippen molar-refractivity contribution in [1.29, 1.82) is 0 Å². The van der Waals surface area contributed by atoms with E-state index in [1.807, 2.05) is 48.5 Å². The topological polar surface area (TPSA) is 106 Å². The van der Waals surface area contributed by atoms with E-state index in [2.05, 4.69) is 10.6 Å². The SMILES string of the molecule is CCCNC(=O)OC1/C=C/C(OC(=O)NC(C)(C)C)CC(OC(C)(C)C)C(O)C1. The smallest absolute Gasteiger partial charge is 0.408 e. The van der Waals surface area contributed by atoms with Crippen LogP contribution in [0.25, 0.3) is 0 Å². The predicted molar refractivity (Wildman–Crippen MR) is 111 cm³/mol. The van der Waals surface area contributed by atoms with Crippen LogP contribution in [0.4, 0.5) is 9.59 Å². The van der Waals surface area contributed by atoms with Crippen molar-refractivity contribution in [3.05, 3.63) is 12.2 Å². The van der Waals surface area contributed by atoms with Gasteiger partial charge in [0.2, 0.25) is 0 Å². The molecule has 8 heteroatoms. The average Bonchev–Trinajstić information content (AvgIpc) is 2.52. The third-order valence-electron chi connectivity index (χ3n) is 3.93. The largest absolute Gasteiger partial charge is 0.442 e. The number of aliphatic hydroxyl groups is 1. The highest BCUT2D eigenvalue weighted by molar-refractivity contribution is 5.68. The van der Waals surface area contributed by atoms with Crippen LogP contribution in [-0.4, -0.2) is 59.4 Å². The van der Waals surface area contributed by atoms with E-state index in [0.717, 1.165) is 6.42 Å². The van der Waals surface area contributed by atoms with E-state index >= 15 is 0 Å². The molecule has 1 rings (SSSR count). The molecule has 0 aromatic carbocycles. The molecule has 0 aromatic rings. The lowest BCUT2D eigenvalue weighted by molar-refractivity contribution is -0.129. The van der Waals surface area contributed by atoms with Crippen LogP contribution in [0, 0.1) is 0 Å². The van der Waals surface area contributed by atoms with Gasteiger partial charge in [-0.05, 0) is 60.1 Å². The standard InChI is InChI=1S/C21H38N2O6/c1-8-11-22-18(25)27-14-9-10-15(28-19(26)23-20(2,3)4)13-17(16(24)12-14)29-21(5,6)7/h9-10,14-17,24H,8,11-13H2,1-7H3,(H,22,25)(H,23,26)/b10-9+. The molecule has 0 aromatic heterocycles. The minimum Gasteiger partial charge on any atom is -0.442 e. The van der Waals surface area contributed by atoms with Gasteiger partial charge < -0.3 is 30.0 Å². The van der Waals surface area contributed by atoms with Crippen LogP contribution >= 0.6 is 0 Å². The van der Waals surface area contributed by atoms with Crippen LogP contribution in [0.2, 0.25) is 0 Å². The van der Waals surface area contributed by atoms with Gasteiger partial charge in [-0.25, -0.2) is 9.59 Å². The zero-order valence-electron chi connectivity index (χ0n) is 18.8. The quantitative estimate of drug-likeness (QED) is 0.596. The number of alkyl carbamates (subject to hydrolysis) is 2. The third kappa shape index (κ3) is 11.1. The number of carbonyl (C=O) groups is 2. The van der Waals surface area contributed by atoms with Crippen molar-refractivity contribution in [3.8, 4) is 0 Å². The van der Waals surface area contributed by atoms with Crippen LogP contribution in [0.1, 0.15) is 67.7 Å². The second-order valence-corrected chi connectivity index (χ2v) is 9.38. The van der Waals surface area contributed by atoms with Crippen molar-refractivity contribution in [1.82, 2.24) is 10.6 Å². The number of hydrogen-bond donors (Lipinski definition) is 3. The van der Waals surface area contributed by atoms with Crippen LogP contribution in [0.15, 0.2) is 12.2 Å². The summed E-state index contributed by atoms with van der Waals surface area (Å²) in [7, 11) is 0. The van der Waals surface area contributed by atoms with Crippen molar-refractivity contribution in [2.45, 2.75) is 103 Å². The highest BCUT2D eigenvalue weighted by atomic mass is 16.6. The Morgan fingerprint density at radius 2 is 1.55 bits per heavy atom. The Bertz CT molecular complexity index is 564. The van der Waals surface area contributed by atoms with Gasteiger partial charge in [-0.1, -0.05) is 6.92 Å². The highest BCUT2D eigenvalue weighted by Crippen LogP contribution is 2.25. The van der Waals surface area contributed by atoms with Crippen LogP contribution < -0.4 is 10.6 Å². The predicted octanol–water partition coefficient (Wildman–Crippen LogP) is 3.28. The number of amides is 2. The zero-order chi connectivity index (χ0) is 22.2. The lowest BCUT2D eigenvalue weighted by Gasteiger charge is -2.35. The summed E-state index contributed by atoms with van der Waals surface area (Å²) in [6.45, 7) is 13.7. The summed E-state index contributed by atoms with van der Waals surface area (Å²) < 4.78 is 16.9. The van der Waals surface area contributed by atoms with E-state index in [0.29, 0.717) is 13.0 Å². The molecule has 0 bridgehead atoms. The average molecular weight is 415 g/mol. The fraction of sp³-hybridized carbons (Fsp3) is 0.810. The first-order valence-electron chi connectivity index (χ1n) is 10.3. The van der Waals surface area contributed by atoms with E-state index in [9.17, 15) is 14.7 Å². The Morgan fingerprint density at radius 3 is 2.07 bits per heavy atom. The Labute approximate surface area is 174 Å². The first-order chi connectivity index (χ1) is 13.3. The first-order valence-corrected chi connectivity index (χ1v) is 10.3. The molecule has 4 unspecified atom stereocenters. The molecule has 2 amide bonds. The Hall–Kier alpha value is -1.80. The number of ether oxygens (including phenoxy) is 3. The molecule has 0 aliphatic heterocycles. The molecule has 0 fully saturated rings. The van der Waals surface area contributed by atoms with Crippen LogP contribution in [0.5, 0.6) is 0 Å². The van der Waals surface area contributed by atoms with Gasteiger partial charge in [0.05, 0.1) is 17.8 Å². The number of rotatable bonds is 5. The van der Waals surface area contributed by atoms with Gasteiger partial charge in [-0.15, -0.1) is 0 Å². The minimum atomic E-state index is -0.889. The molecule has 0 saturated carbocycles. The van der Waals surface area contributed by atoms with Gasteiger partial charge in [0.1, 0.15) is 12.2 Å². The summed E-state index contributed by atoms with van der Waals surface area (Å²) in [6.07, 6.45) is 0.728. The lowest BCUT2D eigenvalue weighted by Crippen LogP contribution is -2.45. The monoisotopic (exact) mass is 414 g/mol. The molecule has 0 spiro atoms. The van der Waals surface area contributed by atoms with Crippen LogP contribution in [-0.2, 0) is 14.2 Å². The second kappa shape index (κ2) is 10.8. The first kappa shape index (κ1) is 25.2. The van der Waals surface area contributed by atoms with Gasteiger partial charge in [-0.2, -0.15) is 0 Å². The summed E-state index contributed by atoms with van der Waals surface area (Å²) in [6, 6.07) is 0. The lowest BCUT2D eigenvalue weighted by atomic mass is 9.96. The van der Waals surface area contributed by atoms with E-state index in [1.54, 1.807) is 12.2 Å². The minimum absolute atomic E-state index is 0.192. The molecular weight excluding hydrogens is 376 g/mol. The van der Waals surface area contributed by atoms with Gasteiger partial charge >= 0.3 is 12.2 Å². The molecular formula is C21H38N2O6. The van der Waals surface area contributed by atoms with E-state index < -0.39 is 47.7 Å². The highest BCUT2D eigenvalue weighted by Gasteiger charge is 2.33. The normalized spacial score (nSPS) is 26.6. The van der Waals surface area contributed by atoms with Crippen molar-refractivity contribution >= 4 is 12.2 Å². The molecule has 1 aliphatic carbocycles. The van der Waals surface area contributed by atoms with Gasteiger partial charge in [0.15, 0.2) is 0 Å². The second-order valence-electron chi connectivity index (χ2n) is 9.38. The molecule has 29 heavy (non-hydrogen) atoms. The molecule has 8 nitrogen and oxygen atoms in total. The number of aliphatic hydroxyl groups excluding tert-OH is 1. The van der Waals surface area contributed by atoms with E-state index in [1.165, 1.54) is 0 Å². The van der Waals surface area contributed by atoms with Crippen molar-refractivity contribution < 1.29 is 28.9 Å². The van der Waals surface area contributed by atoms with E-state index in [-0.39, 0.29) is 6.42 Å². The molecule has 3 N–H and O–H groups in total. The third-order valence-corrected chi connectivity index (χ3v) is 3.93. The molecule has 168 valence electrons. The Kier molecular flexibility index (Phi) is 9.42. The van der Waals surface area contributed by atoms with Gasteiger partial charge in [0, 0.05) is 24.9 Å². The fourth-order valence-electron chi connectivity index (χ4n) is 2.82. The van der Waals surface area contributed by atoms with Gasteiger partial charge in [-0.3, -0.25) is 0 Å². The van der Waals surface area contributed by atoms with Crippen molar-refractivity contribution in [2.24, 2.45) is 0 Å². The summed E-state index contributed by atoms with van der Waals surface area (Å²) in [5, 5.41) is 16.1. The van der Waals surface area contributed by atoms with Crippen LogP contribution in [0.3, 0.4) is 0 Å². The summed E-state index contributed by atoms with van der Waals surface area (Å²) in [5.74, 6) is 0. The zero-order valence-corrected chi connectivity index (χ0v) is 18.8. The van der Waals surface area contributed by atoms with Gasteiger partial charge in [0.25, 0.3) is 0 Å². The number of hydrogen-bond acceptors (Lipinski definition) is 6. The van der Waals surface area contributed by atoms with E-state index in [4.69, 9.17) is 14.2 Å². The Morgan fingerprint density at radius 1 is 1.00 bits per heavy atom. The summed E-state index contributed by atoms with van der Waals surface area (Å²) >= 11 is 0. The molecule has 0 heterocycles. The molecule has 0 saturated heterocycles. The fourth-order valence-corrected chi connectivity index (χ4v) is 2.82. The number of nitrogens with one attached hydrogen (secondary N) is 2. The maximum atomic E-state index is 12.2. The molecule has 4 atom stereocenters. The summed E-state index contributed by atoms with van der Waals surface area (Å²) in [5.41, 5.74) is -0.937. The van der Waals surface area contributed by atoms with Crippen molar-refractivity contribution in [2.75, 3.05) is 6.54 Å². The maximum Gasteiger partial charge on any atom is 0.408 e. The molecule has 0 radical (unpaired) electrons. The molecule has 1 aliphatic rings. The number of carbonyl (C=O) groups excluding carboxylic acids is 2.